The van der Waals surface area contributed by atoms with Crippen molar-refractivity contribution in [3.05, 3.63) is 60.8 Å². The zero-order valence-electron chi connectivity index (χ0n) is 33.5. The van der Waals surface area contributed by atoms with Crippen LogP contribution in [-0.2, 0) is 28.5 Å². The van der Waals surface area contributed by atoms with Gasteiger partial charge < -0.3 is 39.4 Å². The monoisotopic (exact) mass is 888 g/mol. The third kappa shape index (κ3) is 28.2. The summed E-state index contributed by atoms with van der Waals surface area (Å²) < 4.78 is 23.3. The summed E-state index contributed by atoms with van der Waals surface area (Å²) in [5.41, 5.74) is 0. The summed E-state index contributed by atoms with van der Waals surface area (Å²) in [7, 11) is 0. The molecule has 55 heavy (non-hydrogen) atoms. The van der Waals surface area contributed by atoms with Gasteiger partial charge in [0, 0.05) is 12.8 Å². The highest BCUT2D eigenvalue weighted by molar-refractivity contribution is 14.1. The predicted molar refractivity (Wildman–Crippen MR) is 228 cm³/mol. The first kappa shape index (κ1) is 51.1. The summed E-state index contributed by atoms with van der Waals surface area (Å²) in [6, 6.07) is 0. The zero-order valence-corrected chi connectivity index (χ0v) is 35.7. The topological polar surface area (TPSA) is 152 Å². The molecule has 1 aliphatic heterocycles. The van der Waals surface area contributed by atoms with Crippen molar-refractivity contribution in [3.63, 3.8) is 0 Å². The molecule has 0 aromatic heterocycles. The number of ether oxygens (including phenoxy) is 4. The Hall–Kier alpha value is -1.87. The van der Waals surface area contributed by atoms with Gasteiger partial charge in [0.05, 0.1) is 13.2 Å². The van der Waals surface area contributed by atoms with Gasteiger partial charge in [-0.15, -0.1) is 0 Å². The van der Waals surface area contributed by atoms with Gasteiger partial charge in [-0.1, -0.05) is 154 Å². The molecule has 6 atom stereocenters. The summed E-state index contributed by atoms with van der Waals surface area (Å²) in [6.07, 6.45) is 33.9. The van der Waals surface area contributed by atoms with Crippen LogP contribution in [0, 0.1) is 0 Å². The molecule has 0 bridgehead atoms. The Morgan fingerprint density at radius 1 is 0.618 bits per heavy atom. The number of carbonyl (C=O) groups excluding carboxylic acids is 2. The zero-order chi connectivity index (χ0) is 40.2. The van der Waals surface area contributed by atoms with E-state index in [0.29, 0.717) is 12.8 Å². The van der Waals surface area contributed by atoms with E-state index in [9.17, 15) is 30.0 Å². The van der Waals surface area contributed by atoms with Gasteiger partial charge in [0.2, 0.25) is 0 Å². The number of aliphatic hydroxyl groups is 4. The summed E-state index contributed by atoms with van der Waals surface area (Å²) >= 11 is 2.44. The van der Waals surface area contributed by atoms with Gasteiger partial charge in [-0.2, -0.15) is 0 Å². The van der Waals surface area contributed by atoms with Gasteiger partial charge in [0.1, 0.15) is 31.0 Å². The maximum atomic E-state index is 12.7. The van der Waals surface area contributed by atoms with E-state index in [0.717, 1.165) is 57.8 Å². The van der Waals surface area contributed by atoms with E-state index < -0.39 is 55.4 Å². The van der Waals surface area contributed by atoms with Crippen molar-refractivity contribution in [1.29, 1.82) is 0 Å². The molecule has 1 saturated heterocycles. The van der Waals surface area contributed by atoms with Crippen LogP contribution < -0.4 is 0 Å². The highest BCUT2D eigenvalue weighted by Gasteiger charge is 2.44. The summed E-state index contributed by atoms with van der Waals surface area (Å²) in [4.78, 5) is 25.2. The minimum absolute atomic E-state index is 0.196. The van der Waals surface area contributed by atoms with Crippen LogP contribution in [0.15, 0.2) is 60.8 Å². The number of aliphatic hydroxyl groups excluding tert-OH is 4. The Kier molecular flexibility index (Phi) is 33.9. The maximum absolute atomic E-state index is 12.7. The van der Waals surface area contributed by atoms with Crippen LogP contribution in [-0.4, -0.2) is 93.4 Å². The molecule has 0 radical (unpaired) electrons. The Morgan fingerprint density at radius 2 is 1.11 bits per heavy atom. The molecule has 0 aromatic carbocycles. The highest BCUT2D eigenvalue weighted by Crippen LogP contribution is 2.22. The van der Waals surface area contributed by atoms with E-state index in [1.165, 1.54) is 55.8 Å². The third-order valence-corrected chi connectivity index (χ3v) is 9.96. The van der Waals surface area contributed by atoms with Gasteiger partial charge in [0.15, 0.2) is 12.4 Å². The average molecular weight is 889 g/mol. The molecule has 10 nitrogen and oxygen atoms in total. The standard InChI is InChI=1S/C44H73IO10/c1-2-3-4-5-6-7-8-9-10-11-12-13-16-19-22-25-28-31-39(47)52-35-37(36-53-44-43(51)42(50)41(49)38(34-46)55-44)54-40(48)32-29-26-23-20-17-14-15-18-21-24-27-30-33-45/h3-4,6-7,9-10,12-13,19,22,37-38,41-44,46,49-51H,2,5,8,11,14-18,20-21,23-36H2,1H3/b4-3-,7-6-,10-9-,13-12-,22-19-. The second-order valence-corrected chi connectivity index (χ2v) is 15.2. The van der Waals surface area contributed by atoms with E-state index in [-0.39, 0.29) is 26.1 Å². The normalized spacial score (nSPS) is 21.2. The second kappa shape index (κ2) is 36.5. The minimum Gasteiger partial charge on any atom is -0.462 e. The second-order valence-electron chi connectivity index (χ2n) is 14.1. The average Bonchev–Trinajstić information content (AvgIpc) is 3.18. The number of esters is 2. The summed E-state index contributed by atoms with van der Waals surface area (Å²) in [5, 5.41) is 40.0. The van der Waals surface area contributed by atoms with Gasteiger partial charge >= 0.3 is 11.9 Å². The number of hydrogen-bond acceptors (Lipinski definition) is 10. The molecule has 1 aliphatic rings. The van der Waals surface area contributed by atoms with E-state index >= 15 is 0 Å². The van der Waals surface area contributed by atoms with Crippen molar-refractivity contribution in [2.24, 2.45) is 0 Å². The molecule has 0 aliphatic carbocycles. The van der Waals surface area contributed by atoms with Crippen molar-refractivity contribution in [2.75, 3.05) is 24.2 Å². The molecular weight excluding hydrogens is 815 g/mol. The van der Waals surface area contributed by atoms with Crippen LogP contribution in [0.3, 0.4) is 0 Å². The van der Waals surface area contributed by atoms with Gasteiger partial charge in [0.25, 0.3) is 0 Å². The fraction of sp³-hybridized carbons (Fsp3) is 0.727. The fourth-order valence-corrected chi connectivity index (χ4v) is 6.43. The number of unbranched alkanes of at least 4 members (excludes halogenated alkanes) is 12. The van der Waals surface area contributed by atoms with E-state index in [1.54, 1.807) is 0 Å². The number of halogens is 1. The Bertz CT molecular complexity index is 1090. The number of hydrogen-bond donors (Lipinski definition) is 4. The smallest absolute Gasteiger partial charge is 0.306 e. The first-order chi connectivity index (χ1) is 26.8. The molecule has 1 heterocycles. The molecular formula is C44H73IO10. The van der Waals surface area contributed by atoms with Gasteiger partial charge in [-0.3, -0.25) is 9.59 Å². The number of rotatable bonds is 34. The number of alkyl halides is 1. The van der Waals surface area contributed by atoms with Crippen LogP contribution in [0.2, 0.25) is 0 Å². The van der Waals surface area contributed by atoms with Crippen molar-refractivity contribution in [3.8, 4) is 0 Å². The molecule has 1 fully saturated rings. The van der Waals surface area contributed by atoms with Crippen LogP contribution >= 0.6 is 22.6 Å². The Labute approximate surface area is 345 Å². The molecule has 0 amide bonds. The first-order valence-corrected chi connectivity index (χ1v) is 22.4. The molecule has 0 aromatic rings. The molecule has 4 N–H and O–H groups in total. The van der Waals surface area contributed by atoms with Crippen molar-refractivity contribution >= 4 is 34.5 Å². The molecule has 1 rings (SSSR count). The first-order valence-electron chi connectivity index (χ1n) is 20.9. The van der Waals surface area contributed by atoms with Crippen molar-refractivity contribution in [1.82, 2.24) is 0 Å². The van der Waals surface area contributed by atoms with Crippen LogP contribution in [0.4, 0.5) is 0 Å². The van der Waals surface area contributed by atoms with E-state index in [2.05, 4.69) is 84.2 Å². The summed E-state index contributed by atoms with van der Waals surface area (Å²) in [5.74, 6) is -0.878. The Morgan fingerprint density at radius 3 is 1.64 bits per heavy atom. The predicted octanol–water partition coefficient (Wildman–Crippen LogP) is 8.69. The Balaban J connectivity index is 2.40. The highest BCUT2D eigenvalue weighted by atomic mass is 127. The molecule has 316 valence electrons. The molecule has 11 heteroatoms. The quantitative estimate of drug-likeness (QED) is 0.0162. The minimum atomic E-state index is -1.60. The van der Waals surface area contributed by atoms with E-state index in [4.69, 9.17) is 18.9 Å². The van der Waals surface area contributed by atoms with Crippen LogP contribution in [0.1, 0.15) is 142 Å². The van der Waals surface area contributed by atoms with Crippen molar-refractivity contribution < 1.29 is 49.0 Å². The van der Waals surface area contributed by atoms with E-state index in [1.807, 2.05) is 6.08 Å². The lowest BCUT2D eigenvalue weighted by molar-refractivity contribution is -0.305. The fourth-order valence-electron chi connectivity index (χ4n) is 5.89. The number of allylic oxidation sites excluding steroid dienone is 10. The SMILES string of the molecule is CC/C=C\C/C=C\C/C=C\C/C=C\C/C=C\CCCC(=O)OCC(COC1OC(CO)C(O)C(O)C1O)OC(=O)CCCCCCCCCCCCCCI. The molecule has 0 saturated carbocycles. The number of carbonyl (C=O) groups is 2. The largest absolute Gasteiger partial charge is 0.462 e. The van der Waals surface area contributed by atoms with Gasteiger partial charge in [-0.05, 0) is 62.2 Å². The third-order valence-electron chi connectivity index (χ3n) is 9.20. The molecule has 6 unspecified atom stereocenters. The lowest BCUT2D eigenvalue weighted by Crippen LogP contribution is -2.59. The maximum Gasteiger partial charge on any atom is 0.306 e. The summed E-state index contributed by atoms with van der Waals surface area (Å²) in [6.45, 7) is 0.995. The van der Waals surface area contributed by atoms with Crippen LogP contribution in [0.5, 0.6) is 0 Å². The lowest BCUT2D eigenvalue weighted by atomic mass is 9.99. The van der Waals surface area contributed by atoms with Crippen LogP contribution in [0.25, 0.3) is 0 Å². The van der Waals surface area contributed by atoms with Crippen molar-refractivity contribution in [2.45, 2.75) is 179 Å². The molecule has 0 spiro atoms. The van der Waals surface area contributed by atoms with Gasteiger partial charge in [-0.25, -0.2) is 0 Å². The lowest BCUT2D eigenvalue weighted by Gasteiger charge is -2.39.